The summed E-state index contributed by atoms with van der Waals surface area (Å²) in [5.41, 5.74) is -5.77. The molecular weight excluding hydrogens is 531 g/mol. The fraction of sp³-hybridized carbons (Fsp3) is 0.304. The van der Waals surface area contributed by atoms with Crippen molar-refractivity contribution in [3.8, 4) is 11.9 Å². The summed E-state index contributed by atoms with van der Waals surface area (Å²) < 4.78 is 73.6. The molecule has 0 fully saturated rings. The SMILES string of the molecule is C=CCN(CC=C)S(=O)(=O)c1ccc(/N=N/c2c(C(F)(F)F)c(C#N)c(=O)n(CCOCCO)c2O)cc1. The summed E-state index contributed by atoms with van der Waals surface area (Å²) in [7, 11) is -3.95. The second-order valence-electron chi connectivity index (χ2n) is 7.42. The number of benzene rings is 1. The summed E-state index contributed by atoms with van der Waals surface area (Å²) in [5.74, 6) is -1.21. The first kappa shape index (κ1) is 30.4. The molecule has 0 unspecified atom stereocenters. The largest absolute Gasteiger partial charge is 0.493 e. The van der Waals surface area contributed by atoms with Crippen LogP contribution in [0.4, 0.5) is 24.5 Å². The molecular formula is C23H24F3N5O6S. The van der Waals surface area contributed by atoms with Gasteiger partial charge in [-0.2, -0.15) is 27.9 Å². The van der Waals surface area contributed by atoms with Crippen LogP contribution in [0.5, 0.6) is 5.88 Å². The third-order valence-corrected chi connectivity index (χ3v) is 6.75. The maximum atomic E-state index is 13.8. The van der Waals surface area contributed by atoms with Crippen molar-refractivity contribution in [1.82, 2.24) is 8.87 Å². The Morgan fingerprint density at radius 3 is 2.24 bits per heavy atom. The number of halogens is 3. The average Bonchev–Trinajstić information content (AvgIpc) is 2.87. The van der Waals surface area contributed by atoms with E-state index in [0.717, 1.165) is 16.4 Å². The average molecular weight is 556 g/mol. The highest BCUT2D eigenvalue weighted by molar-refractivity contribution is 7.89. The van der Waals surface area contributed by atoms with Crippen molar-refractivity contribution in [2.75, 3.05) is 32.9 Å². The Balaban J connectivity index is 2.55. The van der Waals surface area contributed by atoms with Gasteiger partial charge in [-0.25, -0.2) is 8.42 Å². The molecule has 0 saturated heterocycles. The molecule has 1 aromatic carbocycles. The highest BCUT2D eigenvalue weighted by atomic mass is 32.2. The van der Waals surface area contributed by atoms with E-state index in [1.54, 1.807) is 0 Å². The summed E-state index contributed by atoms with van der Waals surface area (Å²) in [6, 6.07) is 5.86. The van der Waals surface area contributed by atoms with Crippen molar-refractivity contribution in [1.29, 1.82) is 5.26 Å². The lowest BCUT2D eigenvalue weighted by Crippen LogP contribution is -2.31. The molecule has 0 spiro atoms. The van der Waals surface area contributed by atoms with Crippen molar-refractivity contribution in [2.24, 2.45) is 10.2 Å². The summed E-state index contributed by atoms with van der Waals surface area (Å²) in [5, 5.41) is 35.6. The van der Waals surface area contributed by atoms with Crippen LogP contribution in [0.1, 0.15) is 11.1 Å². The van der Waals surface area contributed by atoms with Gasteiger partial charge < -0.3 is 14.9 Å². The third-order valence-electron chi connectivity index (χ3n) is 4.91. The molecule has 0 saturated carbocycles. The van der Waals surface area contributed by atoms with E-state index in [2.05, 4.69) is 23.4 Å². The molecule has 204 valence electrons. The van der Waals surface area contributed by atoms with Crippen LogP contribution in [0, 0.1) is 11.3 Å². The summed E-state index contributed by atoms with van der Waals surface area (Å²) in [4.78, 5) is 12.4. The number of azo groups is 1. The maximum Gasteiger partial charge on any atom is 0.420 e. The van der Waals surface area contributed by atoms with Gasteiger partial charge in [-0.1, -0.05) is 12.2 Å². The predicted molar refractivity (Wildman–Crippen MR) is 130 cm³/mol. The second kappa shape index (κ2) is 13.1. The summed E-state index contributed by atoms with van der Waals surface area (Å²) >= 11 is 0. The number of pyridine rings is 1. The number of aliphatic hydroxyl groups is 1. The zero-order chi connectivity index (χ0) is 28.5. The quantitative estimate of drug-likeness (QED) is 0.218. The molecule has 0 amide bonds. The number of alkyl halides is 3. The molecule has 1 heterocycles. The second-order valence-corrected chi connectivity index (χ2v) is 9.36. The fourth-order valence-electron chi connectivity index (χ4n) is 3.20. The number of aromatic nitrogens is 1. The first-order valence-electron chi connectivity index (χ1n) is 10.8. The van der Waals surface area contributed by atoms with Crippen LogP contribution in [0.2, 0.25) is 0 Å². The number of aromatic hydroxyl groups is 1. The number of hydrogen-bond donors (Lipinski definition) is 2. The van der Waals surface area contributed by atoms with Crippen LogP contribution in [0.3, 0.4) is 0 Å². The summed E-state index contributed by atoms with van der Waals surface area (Å²) in [6.45, 7) is 5.85. The molecule has 0 bridgehead atoms. The van der Waals surface area contributed by atoms with E-state index in [0.29, 0.717) is 4.57 Å². The van der Waals surface area contributed by atoms with E-state index in [9.17, 15) is 36.8 Å². The zero-order valence-corrected chi connectivity index (χ0v) is 20.7. The third kappa shape index (κ3) is 6.92. The van der Waals surface area contributed by atoms with E-state index in [-0.39, 0.29) is 43.5 Å². The van der Waals surface area contributed by atoms with Crippen LogP contribution in [0.25, 0.3) is 0 Å². The topological polar surface area (TPSA) is 158 Å². The lowest BCUT2D eigenvalue weighted by molar-refractivity contribution is -0.137. The highest BCUT2D eigenvalue weighted by Gasteiger charge is 2.41. The molecule has 2 rings (SSSR count). The smallest absolute Gasteiger partial charge is 0.420 e. The van der Waals surface area contributed by atoms with Gasteiger partial charge in [-0.05, 0) is 24.3 Å². The predicted octanol–water partition coefficient (Wildman–Crippen LogP) is 3.23. The van der Waals surface area contributed by atoms with Crippen molar-refractivity contribution in [2.45, 2.75) is 17.6 Å². The minimum absolute atomic E-state index is 0.0112. The van der Waals surface area contributed by atoms with E-state index < -0.39 is 51.0 Å². The molecule has 0 aliphatic carbocycles. The highest BCUT2D eigenvalue weighted by Crippen LogP contribution is 2.42. The number of aliphatic hydroxyl groups excluding tert-OH is 1. The van der Waals surface area contributed by atoms with Gasteiger partial charge in [0.1, 0.15) is 17.2 Å². The number of hydrogen-bond acceptors (Lipinski definition) is 9. The standard InChI is InChI=1S/C23H24F3N5O6S/c1-3-9-30(10-4-2)38(35,36)17-7-5-16(6-8-17)28-29-20-19(23(24,25)26)18(15-27)21(33)31(22(20)34)11-13-37-14-12-32/h3-8,32,34H,1-2,9-14H2/b29-28+. The van der Waals surface area contributed by atoms with Gasteiger partial charge in [0.25, 0.3) is 5.56 Å². The zero-order valence-electron chi connectivity index (χ0n) is 19.9. The molecule has 15 heteroatoms. The van der Waals surface area contributed by atoms with Gasteiger partial charge in [0.2, 0.25) is 15.9 Å². The molecule has 0 radical (unpaired) electrons. The van der Waals surface area contributed by atoms with Crippen LogP contribution in [-0.4, -0.2) is 60.4 Å². The normalized spacial score (nSPS) is 12.1. The Morgan fingerprint density at radius 2 is 1.74 bits per heavy atom. The Bertz CT molecular complexity index is 1390. The Labute approximate surface area is 216 Å². The summed E-state index contributed by atoms with van der Waals surface area (Å²) in [6.07, 6.45) is -2.47. The van der Waals surface area contributed by atoms with Crippen molar-refractivity contribution in [3.63, 3.8) is 0 Å². The molecule has 38 heavy (non-hydrogen) atoms. The van der Waals surface area contributed by atoms with Gasteiger partial charge in [-0.15, -0.1) is 18.3 Å². The molecule has 1 aromatic heterocycles. The Kier molecular flexibility index (Phi) is 10.5. The van der Waals surface area contributed by atoms with E-state index in [1.807, 2.05) is 0 Å². The lowest BCUT2D eigenvalue weighted by atomic mass is 10.1. The van der Waals surface area contributed by atoms with E-state index in [4.69, 9.17) is 9.84 Å². The number of nitrogens with zero attached hydrogens (tertiary/aromatic N) is 5. The van der Waals surface area contributed by atoms with Crippen LogP contribution in [0.15, 0.2) is 69.5 Å². The lowest BCUT2D eigenvalue weighted by Gasteiger charge is -2.19. The number of sulfonamides is 1. The molecule has 0 aliphatic rings. The van der Waals surface area contributed by atoms with Gasteiger partial charge in [0.05, 0.1) is 36.9 Å². The van der Waals surface area contributed by atoms with Crippen molar-refractivity contribution < 1.29 is 36.5 Å². The van der Waals surface area contributed by atoms with Crippen LogP contribution < -0.4 is 5.56 Å². The molecule has 0 aliphatic heterocycles. The monoisotopic (exact) mass is 555 g/mol. The van der Waals surface area contributed by atoms with E-state index >= 15 is 0 Å². The minimum atomic E-state index is -5.25. The Morgan fingerprint density at radius 1 is 1.13 bits per heavy atom. The van der Waals surface area contributed by atoms with Crippen molar-refractivity contribution >= 4 is 21.4 Å². The number of rotatable bonds is 13. The minimum Gasteiger partial charge on any atom is -0.493 e. The first-order chi connectivity index (χ1) is 17.9. The van der Waals surface area contributed by atoms with Crippen LogP contribution in [-0.2, 0) is 27.5 Å². The molecule has 2 aromatic rings. The first-order valence-corrected chi connectivity index (χ1v) is 12.3. The number of ether oxygens (including phenoxy) is 1. The van der Waals surface area contributed by atoms with Gasteiger partial charge in [0, 0.05) is 13.1 Å². The van der Waals surface area contributed by atoms with Crippen LogP contribution >= 0.6 is 0 Å². The Hall–Kier alpha value is -3.84. The molecule has 2 N–H and O–H groups in total. The van der Waals surface area contributed by atoms with Gasteiger partial charge in [-0.3, -0.25) is 9.36 Å². The van der Waals surface area contributed by atoms with Gasteiger partial charge in [0.15, 0.2) is 5.69 Å². The van der Waals surface area contributed by atoms with Gasteiger partial charge >= 0.3 is 6.18 Å². The fourth-order valence-corrected chi connectivity index (χ4v) is 4.58. The molecule has 11 nitrogen and oxygen atoms in total. The van der Waals surface area contributed by atoms with E-state index in [1.165, 1.54) is 30.4 Å². The maximum absolute atomic E-state index is 13.8. The van der Waals surface area contributed by atoms with Crippen molar-refractivity contribution in [3.05, 3.63) is 71.1 Å². The molecule has 0 atom stereocenters. The number of nitriles is 1.